The minimum absolute atomic E-state index is 0.104. The standard InChI is InChI=1S/C15H16N5O5PS/c1-25-19-12(11-8-27-15(16)18-11)13(21)17-10-7-20(14(10)22)26(23,24)9-5-3-2-4-6-9/h2-6,8,10H,7H2,1H3,(H2,16,18)(H,17,21)(H,23,24)/t10-/m0/s1. The number of β-lactam (4-membered cyclic amide) rings is 1. The zero-order valence-electron chi connectivity index (χ0n) is 14.1. The lowest BCUT2D eigenvalue weighted by atomic mass is 10.1. The quantitative estimate of drug-likeness (QED) is 0.261. The minimum atomic E-state index is -4.03. The van der Waals surface area contributed by atoms with Crippen molar-refractivity contribution in [3.05, 3.63) is 41.4 Å². The fourth-order valence-electron chi connectivity index (χ4n) is 2.44. The van der Waals surface area contributed by atoms with Gasteiger partial charge in [0, 0.05) is 5.38 Å². The minimum Gasteiger partial charge on any atom is -0.398 e. The number of hydrogen-bond donors (Lipinski definition) is 3. The molecule has 4 N–H and O–H groups in total. The Morgan fingerprint density at radius 2 is 2.19 bits per heavy atom. The Labute approximate surface area is 158 Å². The molecule has 2 amide bonds. The third kappa shape index (κ3) is 3.70. The number of nitrogens with one attached hydrogen (secondary N) is 1. The van der Waals surface area contributed by atoms with Gasteiger partial charge < -0.3 is 20.8 Å². The van der Waals surface area contributed by atoms with Crippen molar-refractivity contribution in [1.29, 1.82) is 0 Å². The summed E-state index contributed by atoms with van der Waals surface area (Å²) >= 11 is 1.12. The number of hydrogen-bond acceptors (Lipinski definition) is 8. The highest BCUT2D eigenvalue weighted by Gasteiger charge is 2.48. The number of thiazole rings is 1. The van der Waals surface area contributed by atoms with Crippen LogP contribution in [-0.2, 0) is 19.0 Å². The molecule has 27 heavy (non-hydrogen) atoms. The fraction of sp³-hybridized carbons (Fsp3) is 0.200. The largest absolute Gasteiger partial charge is 0.398 e. The third-order valence-electron chi connectivity index (χ3n) is 3.80. The molecule has 0 aliphatic carbocycles. The van der Waals surface area contributed by atoms with Crippen molar-refractivity contribution in [3.63, 3.8) is 0 Å². The Morgan fingerprint density at radius 1 is 1.48 bits per heavy atom. The van der Waals surface area contributed by atoms with Crippen LogP contribution in [0.15, 0.2) is 40.9 Å². The molecule has 2 heterocycles. The van der Waals surface area contributed by atoms with E-state index in [0.29, 0.717) is 0 Å². The highest BCUT2D eigenvalue weighted by atomic mass is 32.1. The number of nitrogen functional groups attached to an aromatic ring is 1. The summed E-state index contributed by atoms with van der Waals surface area (Å²) in [4.78, 5) is 43.6. The Hall–Kier alpha value is -2.75. The van der Waals surface area contributed by atoms with Crippen LogP contribution in [0.4, 0.5) is 5.13 Å². The van der Waals surface area contributed by atoms with E-state index in [2.05, 4.69) is 20.3 Å². The predicted octanol–water partition coefficient (Wildman–Crippen LogP) is -0.0863. The number of nitrogens with two attached hydrogens (primary N) is 1. The first kappa shape index (κ1) is 19.0. The smallest absolute Gasteiger partial charge is 0.326 e. The van der Waals surface area contributed by atoms with Crippen LogP contribution in [0.5, 0.6) is 0 Å². The summed E-state index contributed by atoms with van der Waals surface area (Å²) in [6.07, 6.45) is 0. The molecular formula is C15H16N5O5PS. The zero-order valence-corrected chi connectivity index (χ0v) is 15.8. The SMILES string of the molecule is CON=C(C(=O)N[C@H]1CN(P(=O)(O)c2ccccc2)C1=O)c1csc(N)n1. The van der Waals surface area contributed by atoms with Crippen molar-refractivity contribution in [2.75, 3.05) is 19.4 Å². The van der Waals surface area contributed by atoms with Gasteiger partial charge in [-0.25, -0.2) is 4.98 Å². The van der Waals surface area contributed by atoms with E-state index in [1.165, 1.54) is 24.6 Å². The Balaban J connectivity index is 1.69. The average Bonchev–Trinajstić information content (AvgIpc) is 3.08. The van der Waals surface area contributed by atoms with E-state index in [9.17, 15) is 19.0 Å². The van der Waals surface area contributed by atoms with E-state index in [-0.39, 0.29) is 28.4 Å². The van der Waals surface area contributed by atoms with Crippen molar-refractivity contribution in [1.82, 2.24) is 15.0 Å². The second-order valence-corrected chi connectivity index (χ2v) is 8.50. The number of aromatic nitrogens is 1. The number of oxime groups is 1. The molecule has 0 saturated carbocycles. The van der Waals surface area contributed by atoms with Gasteiger partial charge in [0.15, 0.2) is 10.8 Å². The van der Waals surface area contributed by atoms with E-state index in [4.69, 9.17) is 5.73 Å². The van der Waals surface area contributed by atoms with Crippen LogP contribution in [0.1, 0.15) is 5.69 Å². The van der Waals surface area contributed by atoms with Gasteiger partial charge in [0.05, 0.1) is 11.8 Å². The van der Waals surface area contributed by atoms with E-state index < -0.39 is 25.4 Å². The summed E-state index contributed by atoms with van der Waals surface area (Å²) in [7, 11) is -2.76. The van der Waals surface area contributed by atoms with Gasteiger partial charge in [-0.05, 0) is 12.1 Å². The molecule has 10 nitrogen and oxygen atoms in total. The first-order chi connectivity index (χ1) is 12.8. The zero-order chi connectivity index (χ0) is 19.6. The summed E-state index contributed by atoms with van der Waals surface area (Å²) in [5.74, 6) is -1.36. The lowest BCUT2D eigenvalue weighted by Gasteiger charge is -2.40. The molecule has 0 spiro atoms. The Morgan fingerprint density at radius 3 is 2.74 bits per heavy atom. The molecule has 1 aromatic carbocycles. The summed E-state index contributed by atoms with van der Waals surface area (Å²) in [6, 6.07) is 6.90. The molecule has 1 saturated heterocycles. The van der Waals surface area contributed by atoms with Crippen LogP contribution in [0.25, 0.3) is 0 Å². The molecule has 2 atom stereocenters. The van der Waals surface area contributed by atoms with Crippen LogP contribution in [0.3, 0.4) is 0 Å². The van der Waals surface area contributed by atoms with Crippen LogP contribution in [0.2, 0.25) is 0 Å². The molecule has 0 radical (unpaired) electrons. The highest BCUT2D eigenvalue weighted by molar-refractivity contribution is 7.64. The monoisotopic (exact) mass is 409 g/mol. The molecule has 12 heteroatoms. The highest BCUT2D eigenvalue weighted by Crippen LogP contribution is 2.47. The lowest BCUT2D eigenvalue weighted by molar-refractivity contribution is -0.139. The molecule has 2 aromatic rings. The number of nitrogens with zero attached hydrogens (tertiary/aromatic N) is 3. The molecule has 1 aliphatic rings. The number of carbonyl (C=O) groups excluding carboxylic acids is 2. The fourth-order valence-corrected chi connectivity index (χ4v) is 4.62. The van der Waals surface area contributed by atoms with E-state index in [1.54, 1.807) is 18.2 Å². The van der Waals surface area contributed by atoms with Crippen molar-refractivity contribution in [3.8, 4) is 0 Å². The van der Waals surface area contributed by atoms with Gasteiger partial charge in [0.25, 0.3) is 11.8 Å². The molecular weight excluding hydrogens is 393 g/mol. The predicted molar refractivity (Wildman–Crippen MR) is 99.6 cm³/mol. The van der Waals surface area contributed by atoms with Gasteiger partial charge in [-0.15, -0.1) is 11.3 Å². The summed E-state index contributed by atoms with van der Waals surface area (Å²) in [5, 5.41) is 8.00. The number of rotatable bonds is 6. The van der Waals surface area contributed by atoms with Crippen LogP contribution < -0.4 is 16.4 Å². The normalized spacial score (nSPS) is 19.2. The third-order valence-corrected chi connectivity index (χ3v) is 6.45. The lowest BCUT2D eigenvalue weighted by Crippen LogP contribution is -2.63. The Bertz CT molecular complexity index is 947. The first-order valence-corrected chi connectivity index (χ1v) is 10.2. The average molecular weight is 409 g/mol. The number of amides is 2. The maximum atomic E-state index is 12.6. The van der Waals surface area contributed by atoms with Crippen molar-refractivity contribution in [2.24, 2.45) is 5.16 Å². The summed E-state index contributed by atoms with van der Waals surface area (Å²) < 4.78 is 13.4. The van der Waals surface area contributed by atoms with E-state index in [0.717, 1.165) is 16.0 Å². The second kappa shape index (κ2) is 7.47. The van der Waals surface area contributed by atoms with Crippen LogP contribution in [0, 0.1) is 0 Å². The molecule has 1 fully saturated rings. The van der Waals surface area contributed by atoms with Crippen molar-refractivity contribution in [2.45, 2.75) is 6.04 Å². The Kier molecular flexibility index (Phi) is 5.26. The van der Waals surface area contributed by atoms with Gasteiger partial charge in [-0.1, -0.05) is 23.4 Å². The number of carbonyl (C=O) groups is 2. The van der Waals surface area contributed by atoms with Crippen molar-refractivity contribution < 1.29 is 23.9 Å². The van der Waals surface area contributed by atoms with E-state index in [1.807, 2.05) is 0 Å². The topological polar surface area (TPSA) is 147 Å². The second-order valence-electron chi connectivity index (χ2n) is 5.52. The van der Waals surface area contributed by atoms with Crippen LogP contribution >= 0.6 is 18.9 Å². The summed E-state index contributed by atoms with van der Waals surface area (Å²) in [6.45, 7) is -0.104. The summed E-state index contributed by atoms with van der Waals surface area (Å²) in [5.41, 5.74) is 5.61. The molecule has 1 unspecified atom stereocenters. The van der Waals surface area contributed by atoms with Crippen molar-refractivity contribution >= 4 is 46.8 Å². The first-order valence-electron chi connectivity index (χ1n) is 7.68. The van der Waals surface area contributed by atoms with Gasteiger partial charge in [-0.3, -0.25) is 18.8 Å². The number of benzene rings is 1. The maximum Gasteiger partial charge on any atom is 0.326 e. The van der Waals surface area contributed by atoms with Crippen LogP contribution in [-0.4, -0.2) is 51.8 Å². The van der Waals surface area contributed by atoms with Gasteiger partial charge in [0.2, 0.25) is 0 Å². The van der Waals surface area contributed by atoms with E-state index >= 15 is 0 Å². The molecule has 0 bridgehead atoms. The maximum absolute atomic E-state index is 12.6. The number of anilines is 1. The van der Waals surface area contributed by atoms with Gasteiger partial charge in [-0.2, -0.15) is 0 Å². The molecule has 1 aromatic heterocycles. The molecule has 142 valence electrons. The molecule has 1 aliphatic heterocycles. The van der Waals surface area contributed by atoms with Gasteiger partial charge in [0.1, 0.15) is 18.8 Å². The molecule has 3 rings (SSSR count). The van der Waals surface area contributed by atoms with Gasteiger partial charge >= 0.3 is 7.52 Å².